The molecule has 0 aromatic heterocycles. The molecule has 0 spiro atoms. The number of ether oxygens (including phenoxy) is 2. The second kappa shape index (κ2) is 11.1. The fraction of sp³-hybridized carbons (Fsp3) is 0.146. The minimum Gasteiger partial charge on any atom is -0.497 e. The number of amides is 2. The monoisotopic (exact) mass is 651 g/mol. The lowest BCUT2D eigenvalue weighted by Crippen LogP contribution is -2.45. The second-order valence-electron chi connectivity index (χ2n) is 12.3. The average Bonchev–Trinajstić information content (AvgIpc) is 3.65. The van der Waals surface area contributed by atoms with E-state index in [9.17, 15) is 0 Å². The van der Waals surface area contributed by atoms with Gasteiger partial charge in [-0.2, -0.15) is 0 Å². The van der Waals surface area contributed by atoms with Crippen LogP contribution in [0.25, 0.3) is 11.1 Å². The van der Waals surface area contributed by atoms with Gasteiger partial charge in [-0.25, -0.2) is 4.90 Å². The molecule has 0 N–H and O–H groups in total. The maximum atomic E-state index is 16.0. The first kappa shape index (κ1) is 29.9. The number of hydrogen-bond donors (Lipinski definition) is 0. The van der Waals surface area contributed by atoms with Gasteiger partial charge in [0.2, 0.25) is 11.8 Å². The highest BCUT2D eigenvalue weighted by atomic mass is 35.5. The van der Waals surface area contributed by atoms with E-state index in [0.29, 0.717) is 44.5 Å². The van der Waals surface area contributed by atoms with Crippen LogP contribution in [0.5, 0.6) is 11.5 Å². The van der Waals surface area contributed by atoms with Crippen molar-refractivity contribution in [1.29, 1.82) is 0 Å². The highest BCUT2D eigenvalue weighted by Gasteiger charge is 2.82. The molecule has 48 heavy (non-hydrogen) atoms. The van der Waals surface area contributed by atoms with Crippen LogP contribution in [0.1, 0.15) is 22.3 Å². The Labute approximate surface area is 283 Å². The molecular formula is C41H30ClNO5. The van der Waals surface area contributed by atoms with Gasteiger partial charge in [0.25, 0.3) is 0 Å². The Morgan fingerprint density at radius 2 is 0.938 bits per heavy atom. The smallest absolute Gasteiger partial charge is 0.239 e. The van der Waals surface area contributed by atoms with Crippen LogP contribution in [-0.4, -0.2) is 31.8 Å². The molecule has 0 unspecified atom stereocenters. The number of hydrogen-bond acceptors (Lipinski definition) is 5. The highest BCUT2D eigenvalue weighted by Crippen LogP contribution is 2.74. The van der Waals surface area contributed by atoms with Crippen LogP contribution in [0.4, 0.5) is 5.69 Å². The maximum Gasteiger partial charge on any atom is 0.239 e. The summed E-state index contributed by atoms with van der Waals surface area (Å²) < 4.78 is 11.0. The van der Waals surface area contributed by atoms with Crippen molar-refractivity contribution in [1.82, 2.24) is 0 Å². The summed E-state index contributed by atoms with van der Waals surface area (Å²) in [5, 5.41) is 0.486. The van der Waals surface area contributed by atoms with Crippen LogP contribution in [0.3, 0.4) is 0 Å². The molecule has 5 aromatic rings. The summed E-state index contributed by atoms with van der Waals surface area (Å²) in [5.41, 5.74) is 1.68. The first-order valence-electron chi connectivity index (χ1n) is 15.7. The van der Waals surface area contributed by atoms with E-state index >= 15 is 14.4 Å². The molecule has 8 rings (SSSR count). The van der Waals surface area contributed by atoms with Crippen molar-refractivity contribution in [3.8, 4) is 11.5 Å². The van der Waals surface area contributed by atoms with E-state index in [1.54, 1.807) is 38.5 Å². The Morgan fingerprint density at radius 1 is 0.542 bits per heavy atom. The van der Waals surface area contributed by atoms with E-state index < -0.39 is 34.5 Å². The molecule has 4 atom stereocenters. The number of rotatable bonds is 7. The third-order valence-electron chi connectivity index (χ3n) is 10.3. The number of imide groups is 1. The van der Waals surface area contributed by atoms with Crippen LogP contribution in [-0.2, 0) is 25.2 Å². The van der Waals surface area contributed by atoms with Crippen molar-refractivity contribution in [2.24, 2.45) is 11.8 Å². The zero-order chi connectivity index (χ0) is 33.2. The molecule has 6 nitrogen and oxygen atoms in total. The predicted octanol–water partition coefficient (Wildman–Crippen LogP) is 7.55. The number of ketones is 1. The van der Waals surface area contributed by atoms with Crippen LogP contribution in [0.2, 0.25) is 5.02 Å². The Kier molecular flexibility index (Phi) is 6.90. The topological polar surface area (TPSA) is 72.9 Å². The van der Waals surface area contributed by atoms with Gasteiger partial charge in [0.1, 0.15) is 11.5 Å². The lowest BCUT2D eigenvalue weighted by molar-refractivity contribution is -0.130. The van der Waals surface area contributed by atoms with Crippen LogP contribution < -0.4 is 14.4 Å². The molecule has 236 valence electrons. The van der Waals surface area contributed by atoms with Crippen molar-refractivity contribution in [2.75, 3.05) is 19.1 Å². The second-order valence-corrected chi connectivity index (χ2v) is 12.8. The number of nitrogens with zero attached hydrogens (tertiary/aromatic N) is 1. The lowest BCUT2D eigenvalue weighted by Gasteiger charge is -2.39. The van der Waals surface area contributed by atoms with Crippen molar-refractivity contribution in [3.05, 3.63) is 161 Å². The van der Waals surface area contributed by atoms with Gasteiger partial charge in [0.05, 0.1) is 42.6 Å². The predicted molar refractivity (Wildman–Crippen MR) is 185 cm³/mol. The summed E-state index contributed by atoms with van der Waals surface area (Å²) in [5.74, 6) is -1.74. The Bertz CT molecular complexity index is 1980. The number of allylic oxidation sites excluding steroid dienone is 2. The number of carbonyl (C=O) groups is 3. The van der Waals surface area contributed by atoms with E-state index in [1.807, 2.05) is 109 Å². The molecule has 3 aliphatic rings. The summed E-state index contributed by atoms with van der Waals surface area (Å²) in [7, 11) is 3.21. The minimum absolute atomic E-state index is 0.184. The number of anilines is 1. The quantitative estimate of drug-likeness (QED) is 0.170. The Morgan fingerprint density at radius 3 is 1.31 bits per heavy atom. The van der Waals surface area contributed by atoms with Crippen molar-refractivity contribution in [2.45, 2.75) is 10.8 Å². The number of benzene rings is 5. The summed E-state index contributed by atoms with van der Waals surface area (Å²) in [4.78, 5) is 47.3. The Balaban J connectivity index is 1.54. The van der Waals surface area contributed by atoms with Gasteiger partial charge in [-0.05, 0) is 81.9 Å². The summed E-state index contributed by atoms with van der Waals surface area (Å²) in [6.07, 6.45) is 0. The van der Waals surface area contributed by atoms with Gasteiger partial charge in [-0.1, -0.05) is 96.5 Å². The third kappa shape index (κ3) is 3.84. The van der Waals surface area contributed by atoms with Crippen LogP contribution in [0.15, 0.2) is 133 Å². The molecule has 5 aromatic carbocycles. The van der Waals surface area contributed by atoms with Crippen molar-refractivity contribution < 1.29 is 23.9 Å². The van der Waals surface area contributed by atoms with Gasteiger partial charge in [-0.15, -0.1) is 0 Å². The van der Waals surface area contributed by atoms with E-state index in [0.717, 1.165) is 11.1 Å². The standard InChI is InChI=1S/C41H30ClNO5/c1-47-31-21-13-25(14-22-31)33-34(26-15-23-32(48-2)24-16-26)41(28-11-7-4-8-12-28)36-35(40(33,39(41)46)27-9-5-3-6-10-27)37(44)43(38(36)45)30-19-17-29(42)18-20-30/h3-24,35-36H,1-2H3/t35-,36+,40-,41+. The zero-order valence-corrected chi connectivity index (χ0v) is 27.0. The first-order valence-corrected chi connectivity index (χ1v) is 16.1. The molecule has 0 radical (unpaired) electrons. The Hall–Kier alpha value is -5.46. The summed E-state index contributed by atoms with van der Waals surface area (Å²) in [6, 6.07) is 40.7. The van der Waals surface area contributed by atoms with Crippen molar-refractivity contribution in [3.63, 3.8) is 0 Å². The number of Topliss-reactive ketones (excluding diaryl/α,β-unsaturated/α-hetero) is 1. The van der Waals surface area contributed by atoms with Gasteiger partial charge in [-0.3, -0.25) is 14.4 Å². The number of halogens is 1. The van der Waals surface area contributed by atoms with E-state index in [1.165, 1.54) is 4.90 Å². The molecule has 1 saturated heterocycles. The molecule has 1 aliphatic heterocycles. The van der Waals surface area contributed by atoms with E-state index in [4.69, 9.17) is 21.1 Å². The van der Waals surface area contributed by atoms with Crippen molar-refractivity contribution >= 4 is 46.0 Å². The molecule has 1 saturated carbocycles. The SMILES string of the molecule is COc1ccc(C2=C(c3ccc(OC)cc3)[C@@]3(c4ccccc4)C(=O)[C@]2(c2ccccc2)[C@@H]2C(=O)N(c4ccc(Cl)cc4)C(=O)[C@@H]23)cc1. The number of fused-ring (bicyclic) bond motifs is 5. The minimum atomic E-state index is -1.50. The van der Waals surface area contributed by atoms with Gasteiger partial charge < -0.3 is 9.47 Å². The van der Waals surface area contributed by atoms with Gasteiger partial charge >= 0.3 is 0 Å². The molecular weight excluding hydrogens is 622 g/mol. The fourth-order valence-electron chi connectivity index (χ4n) is 8.48. The van der Waals surface area contributed by atoms with Gasteiger partial charge in [0, 0.05) is 5.02 Å². The maximum absolute atomic E-state index is 16.0. The van der Waals surface area contributed by atoms with E-state index in [2.05, 4.69) is 0 Å². The molecule has 2 aliphatic carbocycles. The number of carbonyl (C=O) groups excluding carboxylic acids is 3. The highest BCUT2D eigenvalue weighted by molar-refractivity contribution is 6.39. The normalized spacial score (nSPS) is 24.3. The van der Waals surface area contributed by atoms with Crippen LogP contribution >= 0.6 is 11.6 Å². The van der Waals surface area contributed by atoms with Gasteiger partial charge in [0.15, 0.2) is 5.78 Å². The molecule has 2 bridgehead atoms. The summed E-state index contributed by atoms with van der Waals surface area (Å²) in [6.45, 7) is 0. The lowest BCUT2D eigenvalue weighted by atomic mass is 9.59. The summed E-state index contributed by atoms with van der Waals surface area (Å²) >= 11 is 6.23. The third-order valence-corrected chi connectivity index (χ3v) is 10.5. The molecule has 2 amide bonds. The fourth-order valence-corrected chi connectivity index (χ4v) is 8.61. The largest absolute Gasteiger partial charge is 0.497 e. The zero-order valence-electron chi connectivity index (χ0n) is 26.2. The molecule has 7 heteroatoms. The number of methoxy groups -OCH3 is 2. The molecule has 1 heterocycles. The van der Waals surface area contributed by atoms with Crippen LogP contribution in [0, 0.1) is 11.8 Å². The van der Waals surface area contributed by atoms with E-state index in [-0.39, 0.29) is 5.78 Å². The molecule has 2 fully saturated rings. The average molecular weight is 652 g/mol. The first-order chi connectivity index (χ1) is 23.4.